The molecule has 1 aliphatic heterocycles. The number of hydrogen-bond acceptors (Lipinski definition) is 5. The molecular weight excluding hydrogens is 477 g/mol. The molecule has 1 heterocycles. The Kier molecular flexibility index (Phi) is 6.96. The average molecular weight is 498 g/mol. The minimum absolute atomic E-state index is 0.00625. The van der Waals surface area contributed by atoms with E-state index in [2.05, 4.69) is 10.6 Å². The third kappa shape index (κ3) is 5.65. The molecule has 0 aromatic heterocycles. The molecule has 0 bridgehead atoms. The zero-order chi connectivity index (χ0) is 25.9. The Morgan fingerprint density at radius 2 is 1.78 bits per heavy atom. The zero-order valence-corrected chi connectivity index (χ0v) is 19.0. The fourth-order valence-corrected chi connectivity index (χ4v) is 3.77. The predicted molar refractivity (Wildman–Crippen MR) is 124 cm³/mol. The zero-order valence-electron chi connectivity index (χ0n) is 19.0. The van der Waals surface area contributed by atoms with Crippen LogP contribution in [0.3, 0.4) is 0 Å². The molecule has 0 aliphatic carbocycles. The Labute approximate surface area is 204 Å². The van der Waals surface area contributed by atoms with Crippen LogP contribution in [0.15, 0.2) is 66.7 Å². The van der Waals surface area contributed by atoms with Crippen molar-refractivity contribution in [3.8, 4) is 5.75 Å². The molecule has 0 saturated carbocycles. The Balaban J connectivity index is 1.49. The molecule has 1 atom stereocenters. The lowest BCUT2D eigenvalue weighted by atomic mass is 10.1. The van der Waals surface area contributed by atoms with Crippen molar-refractivity contribution in [3.05, 3.63) is 94.5 Å². The van der Waals surface area contributed by atoms with Gasteiger partial charge in [0, 0.05) is 24.2 Å². The molecule has 1 unspecified atom stereocenters. The van der Waals surface area contributed by atoms with Crippen molar-refractivity contribution >= 4 is 23.5 Å². The summed E-state index contributed by atoms with van der Waals surface area (Å²) in [5.74, 6) is -1.20. The van der Waals surface area contributed by atoms with Gasteiger partial charge in [-0.1, -0.05) is 24.3 Å². The van der Waals surface area contributed by atoms with Crippen molar-refractivity contribution in [2.24, 2.45) is 0 Å². The smallest absolute Gasteiger partial charge is 0.416 e. The van der Waals surface area contributed by atoms with Crippen LogP contribution in [-0.4, -0.2) is 31.0 Å². The lowest BCUT2D eigenvalue weighted by Gasteiger charge is -2.14. The Morgan fingerprint density at radius 1 is 1.00 bits per heavy atom. The number of amides is 2. The minimum atomic E-state index is -4.60. The fourth-order valence-electron chi connectivity index (χ4n) is 3.77. The number of benzene rings is 3. The van der Waals surface area contributed by atoms with E-state index < -0.39 is 29.7 Å². The van der Waals surface area contributed by atoms with Crippen LogP contribution in [0.2, 0.25) is 0 Å². The first-order chi connectivity index (χ1) is 17.1. The number of methoxy groups -OCH3 is 1. The predicted octanol–water partition coefficient (Wildman–Crippen LogP) is 4.36. The highest BCUT2D eigenvalue weighted by atomic mass is 19.4. The maximum Gasteiger partial charge on any atom is 0.416 e. The van der Waals surface area contributed by atoms with E-state index in [1.807, 2.05) is 18.2 Å². The van der Waals surface area contributed by atoms with Crippen LogP contribution in [0.5, 0.6) is 5.75 Å². The SMILES string of the molecule is COC(=O)c1cc(CNC(=O)C2Cc3ccccc3O2)cc(NC(=O)c2cccc(C(F)(F)F)c2)c1. The van der Waals surface area contributed by atoms with Crippen molar-refractivity contribution < 1.29 is 37.0 Å². The minimum Gasteiger partial charge on any atom is -0.480 e. The highest BCUT2D eigenvalue weighted by Crippen LogP contribution is 2.30. The van der Waals surface area contributed by atoms with E-state index in [1.54, 1.807) is 6.07 Å². The van der Waals surface area contributed by atoms with Crippen LogP contribution in [0, 0.1) is 0 Å². The van der Waals surface area contributed by atoms with Gasteiger partial charge in [0.15, 0.2) is 6.10 Å². The number of nitrogens with one attached hydrogen (secondary N) is 2. The maximum atomic E-state index is 13.0. The van der Waals surface area contributed by atoms with Gasteiger partial charge in [-0.25, -0.2) is 4.79 Å². The number of alkyl halides is 3. The number of rotatable bonds is 6. The van der Waals surface area contributed by atoms with Crippen molar-refractivity contribution in [1.29, 1.82) is 0 Å². The van der Waals surface area contributed by atoms with E-state index in [4.69, 9.17) is 9.47 Å². The Hall–Kier alpha value is -4.34. The van der Waals surface area contributed by atoms with Crippen LogP contribution >= 0.6 is 0 Å². The van der Waals surface area contributed by atoms with E-state index in [1.165, 1.54) is 31.4 Å². The molecule has 0 fully saturated rings. The van der Waals surface area contributed by atoms with Gasteiger partial charge in [0.25, 0.3) is 11.8 Å². The third-order valence-corrected chi connectivity index (χ3v) is 5.53. The lowest BCUT2D eigenvalue weighted by molar-refractivity contribution is -0.137. The van der Waals surface area contributed by atoms with Gasteiger partial charge in [-0.2, -0.15) is 13.2 Å². The molecule has 2 N–H and O–H groups in total. The number of para-hydroxylation sites is 1. The highest BCUT2D eigenvalue weighted by molar-refractivity contribution is 6.05. The van der Waals surface area contributed by atoms with Gasteiger partial charge in [-0.15, -0.1) is 0 Å². The lowest BCUT2D eigenvalue weighted by Crippen LogP contribution is -2.37. The number of esters is 1. The molecule has 36 heavy (non-hydrogen) atoms. The molecule has 2 amide bonds. The third-order valence-electron chi connectivity index (χ3n) is 5.53. The number of carbonyl (C=O) groups excluding carboxylic acids is 3. The van der Waals surface area contributed by atoms with Crippen LogP contribution in [-0.2, 0) is 28.7 Å². The Bertz CT molecular complexity index is 1300. The van der Waals surface area contributed by atoms with E-state index in [0.717, 1.165) is 23.8 Å². The van der Waals surface area contributed by atoms with E-state index in [0.29, 0.717) is 17.7 Å². The molecule has 0 saturated heterocycles. The average Bonchev–Trinajstić information content (AvgIpc) is 3.31. The maximum absolute atomic E-state index is 13.0. The molecule has 186 valence electrons. The number of ether oxygens (including phenoxy) is 2. The summed E-state index contributed by atoms with van der Waals surface area (Å²) in [6.07, 6.45) is -4.88. The first-order valence-corrected chi connectivity index (χ1v) is 10.9. The van der Waals surface area contributed by atoms with Crippen LogP contribution in [0.25, 0.3) is 0 Å². The Morgan fingerprint density at radius 3 is 2.50 bits per heavy atom. The van der Waals surface area contributed by atoms with Crippen molar-refractivity contribution in [1.82, 2.24) is 5.32 Å². The van der Waals surface area contributed by atoms with Crippen molar-refractivity contribution in [2.75, 3.05) is 12.4 Å². The molecule has 0 spiro atoms. The molecule has 7 nitrogen and oxygen atoms in total. The van der Waals surface area contributed by atoms with Gasteiger partial charge in [0.2, 0.25) is 0 Å². The molecular formula is C26H21F3N2O5. The molecule has 10 heteroatoms. The topological polar surface area (TPSA) is 93.7 Å². The summed E-state index contributed by atoms with van der Waals surface area (Å²) < 4.78 is 49.4. The van der Waals surface area contributed by atoms with E-state index in [9.17, 15) is 27.6 Å². The van der Waals surface area contributed by atoms with Crippen molar-refractivity contribution in [2.45, 2.75) is 25.2 Å². The summed E-state index contributed by atoms with van der Waals surface area (Å²) in [6.45, 7) is 0.00625. The second kappa shape index (κ2) is 10.1. The van der Waals surface area contributed by atoms with Crippen LogP contribution in [0.4, 0.5) is 18.9 Å². The molecule has 3 aromatic rings. The standard InChI is InChI=1S/C26H21F3N2O5/c1-35-25(34)18-9-15(14-30-24(33)22-13-16-5-2-3-8-21(16)36-22)10-20(12-18)31-23(32)17-6-4-7-19(11-17)26(27,28)29/h2-12,22H,13-14H2,1H3,(H,30,33)(H,31,32). The van der Waals surface area contributed by atoms with Crippen molar-refractivity contribution in [3.63, 3.8) is 0 Å². The number of carbonyl (C=O) groups is 3. The summed E-state index contributed by atoms with van der Waals surface area (Å²) in [5, 5.41) is 5.24. The largest absolute Gasteiger partial charge is 0.480 e. The van der Waals surface area contributed by atoms with E-state index in [-0.39, 0.29) is 29.3 Å². The van der Waals surface area contributed by atoms with Gasteiger partial charge in [-0.3, -0.25) is 9.59 Å². The summed E-state index contributed by atoms with van der Waals surface area (Å²) in [5.41, 5.74) is 0.451. The highest BCUT2D eigenvalue weighted by Gasteiger charge is 2.31. The molecule has 3 aromatic carbocycles. The number of anilines is 1. The normalized spacial score (nSPS) is 14.4. The van der Waals surface area contributed by atoms with Gasteiger partial charge in [0.05, 0.1) is 18.2 Å². The van der Waals surface area contributed by atoms with Crippen LogP contribution in [0.1, 0.15) is 37.4 Å². The second-order valence-electron chi connectivity index (χ2n) is 8.08. The van der Waals surface area contributed by atoms with E-state index >= 15 is 0 Å². The van der Waals surface area contributed by atoms with Gasteiger partial charge >= 0.3 is 12.1 Å². The molecule has 4 rings (SSSR count). The first kappa shape index (κ1) is 24.8. The number of fused-ring (bicyclic) bond motifs is 1. The summed E-state index contributed by atoms with van der Waals surface area (Å²) in [6, 6.07) is 15.6. The first-order valence-electron chi connectivity index (χ1n) is 10.9. The summed E-state index contributed by atoms with van der Waals surface area (Å²) in [7, 11) is 1.19. The number of halogens is 3. The van der Waals surface area contributed by atoms with Crippen LogP contribution < -0.4 is 15.4 Å². The van der Waals surface area contributed by atoms with Gasteiger partial charge in [-0.05, 0) is 53.6 Å². The summed E-state index contributed by atoms with van der Waals surface area (Å²) >= 11 is 0. The van der Waals surface area contributed by atoms with Gasteiger partial charge < -0.3 is 20.1 Å². The van der Waals surface area contributed by atoms with Gasteiger partial charge in [0.1, 0.15) is 5.75 Å². The summed E-state index contributed by atoms with van der Waals surface area (Å²) in [4.78, 5) is 37.4. The second-order valence-corrected chi connectivity index (χ2v) is 8.08. The molecule has 1 aliphatic rings. The monoisotopic (exact) mass is 498 g/mol. The quantitative estimate of drug-likeness (QED) is 0.493. The number of hydrogen-bond donors (Lipinski definition) is 2. The fraction of sp³-hybridized carbons (Fsp3) is 0.192. The molecule has 0 radical (unpaired) electrons.